The monoisotopic (exact) mass is 464 g/mol. The van der Waals surface area contributed by atoms with E-state index in [1.54, 1.807) is 24.6 Å². The molecule has 4 rings (SSSR count). The molecule has 3 heterocycles. The minimum Gasteiger partial charge on any atom is -0.372 e. The first-order valence-corrected chi connectivity index (χ1v) is 9.15. The van der Waals surface area contributed by atoms with Crippen LogP contribution in [0, 0.1) is 0 Å². The van der Waals surface area contributed by atoms with Gasteiger partial charge >= 0.3 is 6.18 Å². The standard InChI is InChI=1S/C18H24F3N9.ClH/c1-4-23-15-12(17(19,20)21)10-24-18(22,27-15)14-9-13(28-29(14)11-5-6-11)16(2,3)30-25-7-8-26-30;/h7-11,23,27H,4-6,22H2,1-3H3;1H/i1D3,4D2;. The normalized spacial score (nSPS) is 24.9. The number of alkyl halides is 3. The zero-order valence-electron chi connectivity index (χ0n) is 21.6. The lowest BCUT2D eigenvalue weighted by Crippen LogP contribution is -2.55. The van der Waals surface area contributed by atoms with Crippen LogP contribution >= 0.6 is 12.4 Å². The van der Waals surface area contributed by atoms with Gasteiger partial charge in [-0.15, -0.1) is 12.4 Å². The van der Waals surface area contributed by atoms with Gasteiger partial charge in [0, 0.05) is 19.6 Å². The second-order valence-corrected chi connectivity index (χ2v) is 7.65. The van der Waals surface area contributed by atoms with Crippen LogP contribution in [0.3, 0.4) is 0 Å². The van der Waals surface area contributed by atoms with Crippen LogP contribution in [0.1, 0.15) is 57.8 Å². The number of rotatable bonds is 6. The Labute approximate surface area is 190 Å². The molecule has 1 unspecified atom stereocenters. The summed E-state index contributed by atoms with van der Waals surface area (Å²) in [5, 5.41) is 17.2. The molecular formula is C18H25ClF3N9. The van der Waals surface area contributed by atoms with Crippen LogP contribution in [0.4, 0.5) is 13.2 Å². The third-order valence-corrected chi connectivity index (χ3v) is 5.04. The summed E-state index contributed by atoms with van der Waals surface area (Å²) in [4.78, 5) is 5.34. The van der Waals surface area contributed by atoms with E-state index in [2.05, 4.69) is 25.6 Å². The molecule has 13 heteroatoms. The second kappa shape index (κ2) is 7.83. The molecule has 9 nitrogen and oxygen atoms in total. The molecule has 1 saturated carbocycles. The highest BCUT2D eigenvalue weighted by atomic mass is 35.5. The van der Waals surface area contributed by atoms with E-state index >= 15 is 0 Å². The maximum atomic E-state index is 13.7. The van der Waals surface area contributed by atoms with Gasteiger partial charge in [0.25, 0.3) is 0 Å². The van der Waals surface area contributed by atoms with Crippen molar-refractivity contribution >= 4 is 18.6 Å². The number of aliphatic imine (C=N–C) groups is 1. The number of halogens is 4. The topological polar surface area (TPSA) is 111 Å². The lowest BCUT2D eigenvalue weighted by Gasteiger charge is -2.34. The van der Waals surface area contributed by atoms with Gasteiger partial charge in [0.15, 0.2) is 0 Å². The SMILES string of the molecule is Cl.[2H]C([2H])([2H])C([2H])([2H])NC1=C(C(F)(F)F)C=NC(N)(c2cc(C(C)(C)n3nccn3)nn2C2CC2)N1. The van der Waals surface area contributed by atoms with E-state index < -0.39 is 42.2 Å². The largest absolute Gasteiger partial charge is 0.421 e. The maximum Gasteiger partial charge on any atom is 0.421 e. The van der Waals surface area contributed by atoms with Crippen LogP contribution in [0.25, 0.3) is 0 Å². The molecule has 0 saturated heterocycles. The molecule has 0 amide bonds. The van der Waals surface area contributed by atoms with Crippen molar-refractivity contribution in [3.05, 3.63) is 41.2 Å². The van der Waals surface area contributed by atoms with Crippen LogP contribution < -0.4 is 16.4 Å². The fourth-order valence-electron chi connectivity index (χ4n) is 3.21. The summed E-state index contributed by atoms with van der Waals surface area (Å²) >= 11 is 0. The van der Waals surface area contributed by atoms with E-state index in [0.29, 0.717) is 11.9 Å². The van der Waals surface area contributed by atoms with Crippen LogP contribution in [0.2, 0.25) is 0 Å². The number of nitrogens with zero attached hydrogens (tertiary/aromatic N) is 6. The fraction of sp³-hybridized carbons (Fsp3) is 0.556. The maximum absolute atomic E-state index is 13.7. The number of nitrogens with two attached hydrogens (primary N) is 1. The van der Waals surface area contributed by atoms with Gasteiger partial charge in [-0.1, -0.05) is 0 Å². The number of allylic oxidation sites excluding steroid dienone is 1. The molecule has 1 aliphatic heterocycles. The van der Waals surface area contributed by atoms with Gasteiger partial charge in [-0.05, 0) is 39.6 Å². The molecular weight excluding hydrogens is 435 g/mol. The van der Waals surface area contributed by atoms with Crippen molar-refractivity contribution < 1.29 is 20.0 Å². The summed E-state index contributed by atoms with van der Waals surface area (Å²) in [6.07, 6.45) is 0.0190. The van der Waals surface area contributed by atoms with Crippen LogP contribution in [0.5, 0.6) is 0 Å². The minimum atomic E-state index is -4.97. The molecule has 31 heavy (non-hydrogen) atoms. The van der Waals surface area contributed by atoms with E-state index in [9.17, 15) is 13.2 Å². The van der Waals surface area contributed by atoms with Crippen molar-refractivity contribution in [1.82, 2.24) is 35.4 Å². The first kappa shape index (κ1) is 17.0. The summed E-state index contributed by atoms with van der Waals surface area (Å²) in [5.41, 5.74) is 4.87. The van der Waals surface area contributed by atoms with E-state index in [-0.39, 0.29) is 24.1 Å². The summed E-state index contributed by atoms with van der Waals surface area (Å²) in [6.45, 7) is -2.87. The van der Waals surface area contributed by atoms with Crippen molar-refractivity contribution in [1.29, 1.82) is 0 Å². The highest BCUT2D eigenvalue weighted by molar-refractivity contribution is 5.85. The van der Waals surface area contributed by atoms with Crippen molar-refractivity contribution in [2.24, 2.45) is 10.7 Å². The van der Waals surface area contributed by atoms with Gasteiger partial charge in [0.1, 0.15) is 22.6 Å². The Hall–Kier alpha value is -2.60. The zero-order chi connectivity index (χ0) is 26.0. The Balaban J connectivity index is 0.00000361. The van der Waals surface area contributed by atoms with E-state index in [4.69, 9.17) is 12.6 Å². The third kappa shape index (κ3) is 4.13. The summed E-state index contributed by atoms with van der Waals surface area (Å²) in [6, 6.07) is 1.51. The average molecular weight is 465 g/mol. The van der Waals surface area contributed by atoms with Crippen molar-refractivity contribution in [2.75, 3.05) is 6.50 Å². The number of hydrogen-bond donors (Lipinski definition) is 3. The van der Waals surface area contributed by atoms with E-state index in [1.807, 2.05) is 5.32 Å². The molecule has 2 aromatic rings. The highest BCUT2D eigenvalue weighted by Gasteiger charge is 2.45. The predicted molar refractivity (Wildman–Crippen MR) is 110 cm³/mol. The quantitative estimate of drug-likeness (QED) is 0.604. The second-order valence-electron chi connectivity index (χ2n) is 7.65. The van der Waals surface area contributed by atoms with Crippen LogP contribution in [0.15, 0.2) is 34.8 Å². The smallest absolute Gasteiger partial charge is 0.372 e. The fourth-order valence-corrected chi connectivity index (χ4v) is 3.21. The van der Waals surface area contributed by atoms with Crippen LogP contribution in [-0.2, 0) is 11.3 Å². The highest BCUT2D eigenvalue weighted by Crippen LogP contribution is 2.40. The van der Waals surface area contributed by atoms with Gasteiger partial charge in [0.2, 0.25) is 5.79 Å². The Bertz CT molecular complexity index is 1170. The van der Waals surface area contributed by atoms with Crippen LogP contribution in [-0.4, -0.2) is 43.7 Å². The molecule has 4 N–H and O–H groups in total. The van der Waals surface area contributed by atoms with Gasteiger partial charge in [-0.25, -0.2) is 4.99 Å². The molecule has 0 aromatic carbocycles. The van der Waals surface area contributed by atoms with Gasteiger partial charge in [-0.3, -0.25) is 10.4 Å². The molecule has 1 fully saturated rings. The molecule has 0 bridgehead atoms. The Kier molecular flexibility index (Phi) is 4.29. The Morgan fingerprint density at radius 2 is 2.03 bits per heavy atom. The summed E-state index contributed by atoms with van der Waals surface area (Å²) in [7, 11) is 0. The lowest BCUT2D eigenvalue weighted by atomic mass is 10.0. The van der Waals surface area contributed by atoms with E-state index in [1.165, 1.54) is 17.2 Å². The Morgan fingerprint density at radius 1 is 1.35 bits per heavy atom. The van der Waals surface area contributed by atoms with Crippen molar-refractivity contribution in [3.63, 3.8) is 0 Å². The minimum absolute atomic E-state index is 0. The molecule has 2 aliphatic rings. The molecule has 170 valence electrons. The first-order valence-electron chi connectivity index (χ1n) is 11.6. The van der Waals surface area contributed by atoms with Crippen molar-refractivity contribution in [3.8, 4) is 0 Å². The lowest BCUT2D eigenvalue weighted by molar-refractivity contribution is -0.0876. The number of aromatic nitrogens is 5. The molecule has 0 spiro atoms. The summed E-state index contributed by atoms with van der Waals surface area (Å²) < 4.78 is 80.2. The van der Waals surface area contributed by atoms with Gasteiger partial charge in [0.05, 0.1) is 24.1 Å². The predicted octanol–water partition coefficient (Wildman–Crippen LogP) is 2.14. The van der Waals surface area contributed by atoms with Gasteiger partial charge < -0.3 is 10.6 Å². The zero-order valence-corrected chi connectivity index (χ0v) is 17.4. The number of hydrogen-bond acceptors (Lipinski definition) is 7. The molecule has 0 radical (unpaired) electrons. The van der Waals surface area contributed by atoms with Crippen molar-refractivity contribution in [2.45, 2.75) is 57.1 Å². The summed E-state index contributed by atoms with van der Waals surface area (Å²) in [5.74, 6) is -2.96. The Morgan fingerprint density at radius 3 is 2.61 bits per heavy atom. The van der Waals surface area contributed by atoms with Gasteiger partial charge in [-0.2, -0.15) is 33.3 Å². The first-order chi connectivity index (χ1) is 16.0. The third-order valence-electron chi connectivity index (χ3n) is 5.04. The number of nitrogens with one attached hydrogen (secondary N) is 2. The van der Waals surface area contributed by atoms with E-state index in [0.717, 1.165) is 12.8 Å². The average Bonchev–Trinajstić information content (AvgIpc) is 3.21. The molecule has 1 atom stereocenters. The molecule has 2 aromatic heterocycles. The molecule has 1 aliphatic carbocycles.